The van der Waals surface area contributed by atoms with Crippen molar-refractivity contribution in [3.05, 3.63) is 29.8 Å². The van der Waals surface area contributed by atoms with Crippen molar-refractivity contribution in [2.45, 2.75) is 19.4 Å². The van der Waals surface area contributed by atoms with Gasteiger partial charge < -0.3 is 21.1 Å². The maximum Gasteiger partial charge on any atom is 0.239 e. The number of rotatable bonds is 7. The van der Waals surface area contributed by atoms with Crippen molar-refractivity contribution in [1.82, 2.24) is 10.6 Å². The van der Waals surface area contributed by atoms with E-state index in [0.717, 1.165) is 11.3 Å². The summed E-state index contributed by atoms with van der Waals surface area (Å²) >= 11 is 0. The van der Waals surface area contributed by atoms with Gasteiger partial charge in [-0.3, -0.25) is 9.59 Å². The molecular weight excluding hydrogens is 258 g/mol. The number of para-hydroxylation sites is 1. The Morgan fingerprint density at radius 2 is 2.00 bits per heavy atom. The van der Waals surface area contributed by atoms with Crippen LogP contribution in [0.4, 0.5) is 0 Å². The number of methoxy groups -OCH3 is 1. The average Bonchev–Trinajstić information content (AvgIpc) is 2.45. The molecule has 110 valence electrons. The highest BCUT2D eigenvalue weighted by atomic mass is 16.5. The maximum atomic E-state index is 11.6. The van der Waals surface area contributed by atoms with Crippen LogP contribution < -0.4 is 21.1 Å². The van der Waals surface area contributed by atoms with Crippen LogP contribution in [-0.2, 0) is 16.0 Å². The predicted octanol–water partition coefficient (Wildman–Crippen LogP) is -0.183. The first kappa shape index (κ1) is 16.0. The Bertz CT molecular complexity index is 463. The van der Waals surface area contributed by atoms with Crippen molar-refractivity contribution >= 4 is 11.8 Å². The Morgan fingerprint density at radius 3 is 2.65 bits per heavy atom. The zero-order valence-corrected chi connectivity index (χ0v) is 11.8. The van der Waals surface area contributed by atoms with E-state index in [4.69, 9.17) is 10.5 Å². The number of hydrogen-bond acceptors (Lipinski definition) is 4. The first-order valence-corrected chi connectivity index (χ1v) is 6.44. The van der Waals surface area contributed by atoms with Crippen LogP contribution >= 0.6 is 0 Å². The fourth-order valence-electron chi connectivity index (χ4n) is 1.83. The number of amides is 2. The Labute approximate surface area is 118 Å². The molecule has 6 heteroatoms. The van der Waals surface area contributed by atoms with Crippen molar-refractivity contribution < 1.29 is 14.3 Å². The lowest BCUT2D eigenvalue weighted by molar-refractivity contribution is -0.125. The number of benzene rings is 1. The van der Waals surface area contributed by atoms with Crippen molar-refractivity contribution in [1.29, 1.82) is 0 Å². The number of carbonyl (C=O) groups is 2. The van der Waals surface area contributed by atoms with Crippen LogP contribution in [0.25, 0.3) is 0 Å². The minimum Gasteiger partial charge on any atom is -0.496 e. The Balaban J connectivity index is 2.45. The zero-order chi connectivity index (χ0) is 15.0. The summed E-state index contributed by atoms with van der Waals surface area (Å²) in [7, 11) is 1.62. The lowest BCUT2D eigenvalue weighted by atomic mass is 10.1. The van der Waals surface area contributed by atoms with Gasteiger partial charge in [-0.05, 0) is 25.0 Å². The Kier molecular flexibility index (Phi) is 6.52. The summed E-state index contributed by atoms with van der Waals surface area (Å²) in [6, 6.07) is 7.60. The summed E-state index contributed by atoms with van der Waals surface area (Å²) in [5.74, 6) is 0.205. The van der Waals surface area contributed by atoms with E-state index in [-0.39, 0.29) is 30.9 Å². The lowest BCUT2D eigenvalue weighted by Gasteiger charge is -2.16. The third-order valence-electron chi connectivity index (χ3n) is 2.76. The lowest BCUT2D eigenvalue weighted by Crippen LogP contribution is -2.43. The van der Waals surface area contributed by atoms with E-state index in [9.17, 15) is 9.59 Å². The third kappa shape index (κ3) is 5.27. The van der Waals surface area contributed by atoms with Crippen LogP contribution in [0.1, 0.15) is 12.5 Å². The molecule has 1 rings (SSSR count). The van der Waals surface area contributed by atoms with Crippen molar-refractivity contribution in [2.75, 3.05) is 20.2 Å². The molecule has 0 heterocycles. The SMILES string of the molecule is COc1ccccc1CC(C)NC(=O)CNC(=O)CN. The first-order valence-electron chi connectivity index (χ1n) is 6.44. The van der Waals surface area contributed by atoms with Gasteiger partial charge in [0.25, 0.3) is 0 Å². The van der Waals surface area contributed by atoms with E-state index >= 15 is 0 Å². The fraction of sp³-hybridized carbons (Fsp3) is 0.429. The van der Waals surface area contributed by atoms with Gasteiger partial charge in [0, 0.05) is 6.04 Å². The molecule has 0 saturated heterocycles. The average molecular weight is 279 g/mol. The van der Waals surface area contributed by atoms with E-state index in [1.54, 1.807) is 7.11 Å². The van der Waals surface area contributed by atoms with Crippen molar-refractivity contribution in [3.63, 3.8) is 0 Å². The van der Waals surface area contributed by atoms with Gasteiger partial charge in [-0.2, -0.15) is 0 Å². The van der Waals surface area contributed by atoms with E-state index in [1.165, 1.54) is 0 Å². The highest BCUT2D eigenvalue weighted by Gasteiger charge is 2.11. The second-order valence-electron chi connectivity index (χ2n) is 4.47. The summed E-state index contributed by atoms with van der Waals surface area (Å²) in [5.41, 5.74) is 6.16. The van der Waals surface area contributed by atoms with E-state index in [2.05, 4.69) is 10.6 Å². The van der Waals surface area contributed by atoms with Gasteiger partial charge in [0.1, 0.15) is 5.75 Å². The minimum atomic E-state index is -0.350. The Morgan fingerprint density at radius 1 is 1.30 bits per heavy atom. The molecule has 0 aliphatic carbocycles. The molecule has 0 bridgehead atoms. The number of nitrogens with one attached hydrogen (secondary N) is 2. The summed E-state index contributed by atoms with van der Waals surface area (Å²) in [4.78, 5) is 22.6. The number of nitrogens with two attached hydrogens (primary N) is 1. The predicted molar refractivity (Wildman–Crippen MR) is 76.4 cm³/mol. The summed E-state index contributed by atoms with van der Waals surface area (Å²) in [5, 5.41) is 5.23. The normalized spacial score (nSPS) is 11.6. The van der Waals surface area contributed by atoms with Crippen LogP contribution in [-0.4, -0.2) is 38.1 Å². The standard InChI is InChI=1S/C14H21N3O3/c1-10(17-14(19)9-16-13(18)8-15)7-11-5-3-4-6-12(11)20-2/h3-6,10H,7-9,15H2,1-2H3,(H,16,18)(H,17,19). The van der Waals surface area contributed by atoms with Gasteiger partial charge in [0.15, 0.2) is 0 Å². The number of carbonyl (C=O) groups excluding carboxylic acids is 2. The van der Waals surface area contributed by atoms with E-state index in [0.29, 0.717) is 6.42 Å². The molecule has 6 nitrogen and oxygen atoms in total. The van der Waals surface area contributed by atoms with Gasteiger partial charge in [0.2, 0.25) is 11.8 Å². The van der Waals surface area contributed by atoms with Crippen LogP contribution in [0.5, 0.6) is 5.75 Å². The molecule has 0 aromatic heterocycles. The second kappa shape index (κ2) is 8.16. The smallest absolute Gasteiger partial charge is 0.239 e. The molecule has 1 aromatic rings. The molecule has 0 radical (unpaired) electrons. The molecule has 4 N–H and O–H groups in total. The molecule has 0 fully saturated rings. The minimum absolute atomic E-state index is 0.0615. The quantitative estimate of drug-likeness (QED) is 0.645. The zero-order valence-electron chi connectivity index (χ0n) is 11.8. The maximum absolute atomic E-state index is 11.6. The van der Waals surface area contributed by atoms with Gasteiger partial charge in [0.05, 0.1) is 20.2 Å². The van der Waals surface area contributed by atoms with Crippen LogP contribution in [0.2, 0.25) is 0 Å². The fourth-order valence-corrected chi connectivity index (χ4v) is 1.83. The molecule has 1 atom stereocenters. The first-order chi connectivity index (χ1) is 9.56. The topological polar surface area (TPSA) is 93.5 Å². The molecule has 1 unspecified atom stereocenters. The molecule has 0 aliphatic rings. The van der Waals surface area contributed by atoms with Crippen molar-refractivity contribution in [3.8, 4) is 5.75 Å². The van der Waals surface area contributed by atoms with Crippen LogP contribution in [0, 0.1) is 0 Å². The van der Waals surface area contributed by atoms with Gasteiger partial charge in [-0.15, -0.1) is 0 Å². The molecular formula is C14H21N3O3. The van der Waals surface area contributed by atoms with E-state index in [1.807, 2.05) is 31.2 Å². The van der Waals surface area contributed by atoms with E-state index < -0.39 is 0 Å². The molecule has 0 saturated carbocycles. The monoisotopic (exact) mass is 279 g/mol. The third-order valence-corrected chi connectivity index (χ3v) is 2.76. The Hall–Kier alpha value is -2.08. The summed E-state index contributed by atoms with van der Waals surface area (Å²) in [6.45, 7) is 1.71. The molecule has 20 heavy (non-hydrogen) atoms. The molecule has 2 amide bonds. The molecule has 0 aliphatic heterocycles. The molecule has 0 spiro atoms. The van der Waals surface area contributed by atoms with Gasteiger partial charge >= 0.3 is 0 Å². The van der Waals surface area contributed by atoms with Crippen molar-refractivity contribution in [2.24, 2.45) is 5.73 Å². The number of ether oxygens (including phenoxy) is 1. The summed E-state index contributed by atoms with van der Waals surface area (Å²) in [6.07, 6.45) is 0.653. The van der Waals surface area contributed by atoms with Crippen LogP contribution in [0.3, 0.4) is 0 Å². The number of hydrogen-bond donors (Lipinski definition) is 3. The second-order valence-corrected chi connectivity index (χ2v) is 4.47. The van der Waals surface area contributed by atoms with Gasteiger partial charge in [-0.1, -0.05) is 18.2 Å². The largest absolute Gasteiger partial charge is 0.496 e. The molecule has 1 aromatic carbocycles. The van der Waals surface area contributed by atoms with Crippen LogP contribution in [0.15, 0.2) is 24.3 Å². The van der Waals surface area contributed by atoms with Gasteiger partial charge in [-0.25, -0.2) is 0 Å². The summed E-state index contributed by atoms with van der Waals surface area (Å²) < 4.78 is 5.26. The highest BCUT2D eigenvalue weighted by Crippen LogP contribution is 2.18. The highest BCUT2D eigenvalue weighted by molar-refractivity contribution is 5.85.